The van der Waals surface area contributed by atoms with Gasteiger partial charge in [-0.25, -0.2) is 0 Å². The lowest BCUT2D eigenvalue weighted by Gasteiger charge is -2.42. The number of carbonyl (C=O) groups excluding carboxylic acids is 1. The minimum atomic E-state index is -0.743. The van der Waals surface area contributed by atoms with Crippen LogP contribution in [0.3, 0.4) is 0 Å². The highest BCUT2D eigenvalue weighted by Crippen LogP contribution is 2.47. The van der Waals surface area contributed by atoms with Gasteiger partial charge in [-0.05, 0) is 63.5 Å². The number of primary amides is 1. The van der Waals surface area contributed by atoms with Gasteiger partial charge in [0.2, 0.25) is 5.91 Å². The molecule has 0 aromatic heterocycles. The van der Waals surface area contributed by atoms with E-state index >= 15 is 0 Å². The van der Waals surface area contributed by atoms with Crippen molar-refractivity contribution in [3.05, 3.63) is 0 Å². The molecule has 2 aliphatic carbocycles. The summed E-state index contributed by atoms with van der Waals surface area (Å²) in [5.74, 6) is -0.320. The predicted octanol–water partition coefficient (Wildman–Crippen LogP) is 1.38. The van der Waals surface area contributed by atoms with Crippen molar-refractivity contribution in [2.75, 3.05) is 13.1 Å². The van der Waals surface area contributed by atoms with Crippen molar-refractivity contribution in [3.8, 4) is 0 Å². The number of nitrogens with zero attached hydrogens (tertiary/aromatic N) is 1. The molecule has 4 N–H and O–H groups in total. The summed E-state index contributed by atoms with van der Waals surface area (Å²) in [4.78, 5) is 14.0. The smallest absolute Gasteiger partial charge is 0.237 e. The first-order chi connectivity index (χ1) is 9.03. The summed E-state index contributed by atoms with van der Waals surface area (Å²) in [6, 6.07) is 0.483. The average Bonchev–Trinajstić information content (AvgIpc) is 2.99. The molecule has 19 heavy (non-hydrogen) atoms. The lowest BCUT2D eigenvalue weighted by molar-refractivity contribution is -0.123. The SMILES string of the molecule is NC(=O)C1(N)CCC(N2CCC3(CCCC3)CC2)C1. The van der Waals surface area contributed by atoms with E-state index in [9.17, 15) is 4.79 Å². The fourth-order valence-corrected chi connectivity index (χ4v) is 4.57. The van der Waals surface area contributed by atoms with Crippen LogP contribution >= 0.6 is 0 Å². The van der Waals surface area contributed by atoms with Gasteiger partial charge in [-0.3, -0.25) is 4.79 Å². The van der Waals surface area contributed by atoms with E-state index in [1.54, 1.807) is 0 Å². The van der Waals surface area contributed by atoms with Crippen LogP contribution in [-0.4, -0.2) is 35.5 Å². The number of likely N-dealkylation sites (tertiary alicyclic amines) is 1. The second-order valence-electron chi connectivity index (χ2n) is 7.16. The first-order valence-electron chi connectivity index (χ1n) is 7.86. The fraction of sp³-hybridized carbons (Fsp3) is 0.933. The minimum Gasteiger partial charge on any atom is -0.368 e. The molecule has 4 nitrogen and oxygen atoms in total. The van der Waals surface area contributed by atoms with Gasteiger partial charge in [-0.2, -0.15) is 0 Å². The van der Waals surface area contributed by atoms with Crippen LogP contribution < -0.4 is 11.5 Å². The van der Waals surface area contributed by atoms with E-state index < -0.39 is 5.54 Å². The molecule has 4 heteroatoms. The molecule has 0 aromatic rings. The molecule has 1 aliphatic heterocycles. The van der Waals surface area contributed by atoms with Crippen LogP contribution in [0.15, 0.2) is 0 Å². The van der Waals surface area contributed by atoms with E-state index in [4.69, 9.17) is 11.5 Å². The summed E-state index contributed by atoms with van der Waals surface area (Å²) in [7, 11) is 0. The summed E-state index contributed by atoms with van der Waals surface area (Å²) < 4.78 is 0. The van der Waals surface area contributed by atoms with E-state index in [0.717, 1.165) is 19.3 Å². The van der Waals surface area contributed by atoms with E-state index in [1.807, 2.05) is 0 Å². The summed E-state index contributed by atoms with van der Waals surface area (Å²) in [6.45, 7) is 2.39. The number of hydrogen-bond donors (Lipinski definition) is 2. The number of nitrogens with two attached hydrogens (primary N) is 2. The normalized spacial score (nSPS) is 38.9. The average molecular weight is 265 g/mol. The Kier molecular flexibility index (Phi) is 3.34. The standard InChI is InChI=1S/C15H27N3O/c16-13(19)15(17)6-3-12(11-15)18-9-7-14(8-10-18)4-1-2-5-14/h12H,1-11,17H2,(H2,16,19). The predicted molar refractivity (Wildman–Crippen MR) is 75.5 cm³/mol. The number of carbonyl (C=O) groups is 1. The van der Waals surface area contributed by atoms with Crippen molar-refractivity contribution in [1.82, 2.24) is 4.90 Å². The maximum Gasteiger partial charge on any atom is 0.237 e. The van der Waals surface area contributed by atoms with Gasteiger partial charge in [0.15, 0.2) is 0 Å². The third kappa shape index (κ3) is 2.40. The number of rotatable bonds is 2. The van der Waals surface area contributed by atoms with E-state index in [0.29, 0.717) is 11.5 Å². The second kappa shape index (κ2) is 4.74. The van der Waals surface area contributed by atoms with Gasteiger partial charge in [0.05, 0.1) is 5.54 Å². The van der Waals surface area contributed by atoms with Crippen molar-refractivity contribution in [1.29, 1.82) is 0 Å². The minimum absolute atomic E-state index is 0.320. The third-order valence-corrected chi connectivity index (χ3v) is 6.05. The van der Waals surface area contributed by atoms with Crippen LogP contribution in [0.5, 0.6) is 0 Å². The molecule has 0 aromatic carbocycles. The molecule has 1 amide bonds. The van der Waals surface area contributed by atoms with Crippen LogP contribution in [-0.2, 0) is 4.79 Å². The van der Waals surface area contributed by atoms with Gasteiger partial charge in [-0.1, -0.05) is 12.8 Å². The molecule has 3 aliphatic rings. The molecular weight excluding hydrogens is 238 g/mol. The highest BCUT2D eigenvalue weighted by molar-refractivity contribution is 5.84. The van der Waals surface area contributed by atoms with Gasteiger partial charge in [0.1, 0.15) is 0 Å². The quantitative estimate of drug-likeness (QED) is 0.792. The Hall–Kier alpha value is -0.610. The Labute approximate surface area is 115 Å². The summed E-state index contributed by atoms with van der Waals surface area (Å²) in [5.41, 5.74) is 11.5. The molecule has 2 atom stereocenters. The van der Waals surface area contributed by atoms with Gasteiger partial charge in [0.25, 0.3) is 0 Å². The largest absolute Gasteiger partial charge is 0.368 e. The van der Waals surface area contributed by atoms with Crippen molar-refractivity contribution in [3.63, 3.8) is 0 Å². The van der Waals surface area contributed by atoms with E-state index in [1.165, 1.54) is 51.6 Å². The molecule has 0 bridgehead atoms. The molecule has 3 rings (SSSR count). The molecule has 108 valence electrons. The molecule has 1 saturated heterocycles. The molecular formula is C15H27N3O. The monoisotopic (exact) mass is 265 g/mol. The van der Waals surface area contributed by atoms with E-state index in [-0.39, 0.29) is 5.91 Å². The zero-order chi connectivity index (χ0) is 13.5. The van der Waals surface area contributed by atoms with E-state index in [2.05, 4.69) is 4.90 Å². The maximum atomic E-state index is 11.4. The summed E-state index contributed by atoms with van der Waals surface area (Å²) >= 11 is 0. The van der Waals surface area contributed by atoms with Crippen molar-refractivity contribution >= 4 is 5.91 Å². The fourth-order valence-electron chi connectivity index (χ4n) is 4.57. The van der Waals surface area contributed by atoms with Crippen LogP contribution in [0.4, 0.5) is 0 Å². The summed E-state index contributed by atoms with van der Waals surface area (Å²) in [5, 5.41) is 0. The Bertz CT molecular complexity index is 354. The Morgan fingerprint density at radius 3 is 2.21 bits per heavy atom. The van der Waals surface area contributed by atoms with Crippen LogP contribution in [0.1, 0.15) is 57.8 Å². The first-order valence-corrected chi connectivity index (χ1v) is 7.86. The molecule has 2 unspecified atom stereocenters. The number of hydrogen-bond acceptors (Lipinski definition) is 3. The van der Waals surface area contributed by atoms with Crippen LogP contribution in [0.25, 0.3) is 0 Å². The highest BCUT2D eigenvalue weighted by atomic mass is 16.1. The van der Waals surface area contributed by atoms with Crippen LogP contribution in [0, 0.1) is 5.41 Å². The second-order valence-corrected chi connectivity index (χ2v) is 7.16. The molecule has 1 heterocycles. The maximum absolute atomic E-state index is 11.4. The van der Waals surface area contributed by atoms with Gasteiger partial charge >= 0.3 is 0 Å². The number of amides is 1. The molecule has 2 saturated carbocycles. The summed E-state index contributed by atoms with van der Waals surface area (Å²) in [6.07, 6.45) is 11.0. The van der Waals surface area contributed by atoms with Gasteiger partial charge in [0, 0.05) is 6.04 Å². The lowest BCUT2D eigenvalue weighted by Crippen LogP contribution is -2.52. The third-order valence-electron chi connectivity index (χ3n) is 6.05. The zero-order valence-electron chi connectivity index (χ0n) is 11.9. The van der Waals surface area contributed by atoms with Crippen molar-refractivity contribution < 1.29 is 4.79 Å². The Morgan fingerprint density at radius 2 is 1.68 bits per heavy atom. The van der Waals surface area contributed by atoms with Crippen molar-refractivity contribution in [2.45, 2.75) is 69.4 Å². The van der Waals surface area contributed by atoms with Gasteiger partial charge < -0.3 is 16.4 Å². The Balaban J connectivity index is 1.56. The topological polar surface area (TPSA) is 72.3 Å². The Morgan fingerprint density at radius 1 is 1.05 bits per heavy atom. The first kappa shape index (κ1) is 13.4. The molecule has 0 radical (unpaired) electrons. The zero-order valence-corrected chi connectivity index (χ0v) is 11.9. The number of piperidine rings is 1. The van der Waals surface area contributed by atoms with Gasteiger partial charge in [-0.15, -0.1) is 0 Å². The molecule has 3 fully saturated rings. The molecule has 1 spiro atoms. The highest BCUT2D eigenvalue weighted by Gasteiger charge is 2.45. The van der Waals surface area contributed by atoms with Crippen LogP contribution in [0.2, 0.25) is 0 Å². The lowest BCUT2D eigenvalue weighted by atomic mass is 9.76. The van der Waals surface area contributed by atoms with Crippen molar-refractivity contribution in [2.24, 2.45) is 16.9 Å².